The van der Waals surface area contributed by atoms with Gasteiger partial charge in [-0.1, -0.05) is 0 Å². The summed E-state index contributed by atoms with van der Waals surface area (Å²) in [5, 5.41) is 2.89. The number of aromatic nitrogens is 1. The van der Waals surface area contributed by atoms with E-state index in [0.717, 1.165) is 15.2 Å². The number of benzene rings is 1. The highest BCUT2D eigenvalue weighted by Gasteiger charge is 2.10. The standard InChI is InChI=1S/C12H11BrN2OS/c1-7-15-9(6-17-7)5-12(16)8-2-3-11(14)10(13)4-8/h2-4,6H,5,14H2,1H3. The van der Waals surface area contributed by atoms with E-state index in [2.05, 4.69) is 20.9 Å². The lowest BCUT2D eigenvalue weighted by atomic mass is 10.1. The van der Waals surface area contributed by atoms with Crippen LogP contribution in [0.5, 0.6) is 0 Å². The normalized spacial score (nSPS) is 10.5. The Balaban J connectivity index is 2.17. The molecule has 0 aliphatic rings. The molecule has 0 spiro atoms. The molecule has 1 aromatic carbocycles. The van der Waals surface area contributed by atoms with Crippen molar-refractivity contribution in [1.82, 2.24) is 4.98 Å². The number of Topliss-reactive ketones (excluding diaryl/α,β-unsaturated/α-hetero) is 1. The van der Waals surface area contributed by atoms with Crippen LogP contribution in [0.1, 0.15) is 21.1 Å². The number of nitrogen functional groups attached to an aromatic ring is 1. The van der Waals surface area contributed by atoms with Crippen LogP contribution >= 0.6 is 27.3 Å². The summed E-state index contributed by atoms with van der Waals surface area (Å²) < 4.78 is 0.748. The number of aryl methyl sites for hydroxylation is 1. The van der Waals surface area contributed by atoms with E-state index in [1.807, 2.05) is 12.3 Å². The Morgan fingerprint density at radius 2 is 2.29 bits per heavy atom. The Morgan fingerprint density at radius 1 is 1.53 bits per heavy atom. The number of rotatable bonds is 3. The van der Waals surface area contributed by atoms with Gasteiger partial charge >= 0.3 is 0 Å². The summed E-state index contributed by atoms with van der Waals surface area (Å²) in [5.74, 6) is 0.0519. The molecule has 3 nitrogen and oxygen atoms in total. The molecule has 1 aromatic heterocycles. The van der Waals surface area contributed by atoms with Gasteiger partial charge in [0, 0.05) is 21.1 Å². The van der Waals surface area contributed by atoms with Crippen LogP contribution in [0.15, 0.2) is 28.1 Å². The highest BCUT2D eigenvalue weighted by atomic mass is 79.9. The van der Waals surface area contributed by atoms with Gasteiger partial charge in [-0.3, -0.25) is 4.79 Å². The third-order valence-electron chi connectivity index (χ3n) is 2.33. The van der Waals surface area contributed by atoms with Gasteiger partial charge in [-0.2, -0.15) is 0 Å². The molecular formula is C12H11BrN2OS. The molecule has 0 atom stereocenters. The molecule has 0 unspecified atom stereocenters. The molecular weight excluding hydrogens is 300 g/mol. The van der Waals surface area contributed by atoms with E-state index in [0.29, 0.717) is 17.7 Å². The summed E-state index contributed by atoms with van der Waals surface area (Å²) in [6.07, 6.45) is 0.334. The third kappa shape index (κ3) is 2.92. The quantitative estimate of drug-likeness (QED) is 0.699. The SMILES string of the molecule is Cc1nc(CC(=O)c2ccc(N)c(Br)c2)cs1. The summed E-state index contributed by atoms with van der Waals surface area (Å²) in [6.45, 7) is 1.93. The second-order valence-electron chi connectivity index (χ2n) is 3.69. The fourth-order valence-corrected chi connectivity index (χ4v) is 2.45. The minimum atomic E-state index is 0.0519. The van der Waals surface area contributed by atoms with Crippen molar-refractivity contribution >= 4 is 38.7 Å². The van der Waals surface area contributed by atoms with E-state index in [-0.39, 0.29) is 5.78 Å². The van der Waals surface area contributed by atoms with Crippen molar-refractivity contribution in [3.05, 3.63) is 44.3 Å². The van der Waals surface area contributed by atoms with Crippen molar-refractivity contribution in [3.8, 4) is 0 Å². The van der Waals surface area contributed by atoms with E-state index in [1.54, 1.807) is 29.5 Å². The summed E-state index contributed by atoms with van der Waals surface area (Å²) in [4.78, 5) is 16.3. The molecule has 0 amide bonds. The van der Waals surface area contributed by atoms with Crippen LogP contribution in [0.2, 0.25) is 0 Å². The van der Waals surface area contributed by atoms with Crippen LogP contribution in [-0.4, -0.2) is 10.8 Å². The van der Waals surface area contributed by atoms with Crippen molar-refractivity contribution in [3.63, 3.8) is 0 Å². The lowest BCUT2D eigenvalue weighted by Crippen LogP contribution is -2.04. The maximum Gasteiger partial charge on any atom is 0.168 e. The summed E-state index contributed by atoms with van der Waals surface area (Å²) in [6, 6.07) is 5.21. The number of thiazole rings is 1. The molecule has 1 heterocycles. The van der Waals surface area contributed by atoms with Crippen molar-refractivity contribution in [2.75, 3.05) is 5.73 Å². The largest absolute Gasteiger partial charge is 0.398 e. The molecule has 2 rings (SSSR count). The fraction of sp³-hybridized carbons (Fsp3) is 0.167. The Kier molecular flexibility index (Phi) is 3.59. The number of nitrogens with zero attached hydrogens (tertiary/aromatic N) is 1. The topological polar surface area (TPSA) is 56.0 Å². The van der Waals surface area contributed by atoms with Crippen molar-refractivity contribution < 1.29 is 4.79 Å². The van der Waals surface area contributed by atoms with Gasteiger partial charge in [0.05, 0.1) is 17.1 Å². The first-order chi connectivity index (χ1) is 8.06. The van der Waals surface area contributed by atoms with Gasteiger partial charge in [0.25, 0.3) is 0 Å². The molecule has 0 radical (unpaired) electrons. The van der Waals surface area contributed by atoms with Gasteiger partial charge in [0.1, 0.15) is 0 Å². The van der Waals surface area contributed by atoms with E-state index >= 15 is 0 Å². The number of hydrogen-bond donors (Lipinski definition) is 1. The molecule has 88 valence electrons. The third-order valence-corrected chi connectivity index (χ3v) is 3.84. The molecule has 0 aliphatic heterocycles. The van der Waals surface area contributed by atoms with E-state index in [4.69, 9.17) is 5.73 Å². The number of ketones is 1. The zero-order valence-corrected chi connectivity index (χ0v) is 11.6. The summed E-state index contributed by atoms with van der Waals surface area (Å²) >= 11 is 4.87. The van der Waals surface area contributed by atoms with Gasteiger partial charge < -0.3 is 5.73 Å². The van der Waals surface area contributed by atoms with E-state index < -0.39 is 0 Å². The fourth-order valence-electron chi connectivity index (χ4n) is 1.46. The second kappa shape index (κ2) is 4.98. The van der Waals surface area contributed by atoms with E-state index in [9.17, 15) is 4.79 Å². The van der Waals surface area contributed by atoms with Crippen LogP contribution in [-0.2, 0) is 6.42 Å². The first-order valence-electron chi connectivity index (χ1n) is 5.05. The first kappa shape index (κ1) is 12.3. The van der Waals surface area contributed by atoms with Crippen LogP contribution in [0.3, 0.4) is 0 Å². The molecule has 17 heavy (non-hydrogen) atoms. The Bertz CT molecular complexity index is 565. The number of anilines is 1. The molecule has 0 saturated heterocycles. The highest BCUT2D eigenvalue weighted by Crippen LogP contribution is 2.21. The molecule has 2 aromatic rings. The minimum absolute atomic E-state index is 0.0519. The first-order valence-corrected chi connectivity index (χ1v) is 6.73. The predicted molar refractivity (Wildman–Crippen MR) is 73.4 cm³/mol. The smallest absolute Gasteiger partial charge is 0.168 e. The van der Waals surface area contributed by atoms with Gasteiger partial charge in [0.2, 0.25) is 0 Å². The molecule has 0 saturated carbocycles. The minimum Gasteiger partial charge on any atom is -0.398 e. The van der Waals surface area contributed by atoms with Gasteiger partial charge in [-0.25, -0.2) is 4.98 Å². The number of nitrogens with two attached hydrogens (primary N) is 1. The number of hydrogen-bond acceptors (Lipinski definition) is 4. The average molecular weight is 311 g/mol. The number of carbonyl (C=O) groups is 1. The molecule has 2 N–H and O–H groups in total. The van der Waals surface area contributed by atoms with Crippen LogP contribution in [0.25, 0.3) is 0 Å². The average Bonchev–Trinajstić information content (AvgIpc) is 2.68. The highest BCUT2D eigenvalue weighted by molar-refractivity contribution is 9.10. The van der Waals surface area contributed by atoms with Crippen molar-refractivity contribution in [1.29, 1.82) is 0 Å². The van der Waals surface area contributed by atoms with Crippen molar-refractivity contribution in [2.24, 2.45) is 0 Å². The van der Waals surface area contributed by atoms with Crippen LogP contribution in [0.4, 0.5) is 5.69 Å². The Morgan fingerprint density at radius 3 is 2.88 bits per heavy atom. The Hall–Kier alpha value is -1.20. The molecule has 5 heteroatoms. The second-order valence-corrected chi connectivity index (χ2v) is 5.61. The van der Waals surface area contributed by atoms with Gasteiger partial charge in [0.15, 0.2) is 5.78 Å². The Labute approximate surface area is 112 Å². The molecule has 0 aliphatic carbocycles. The van der Waals surface area contributed by atoms with Crippen molar-refractivity contribution in [2.45, 2.75) is 13.3 Å². The van der Waals surface area contributed by atoms with E-state index in [1.165, 1.54) is 0 Å². The zero-order valence-electron chi connectivity index (χ0n) is 9.24. The maximum atomic E-state index is 12.0. The molecule has 0 fully saturated rings. The maximum absolute atomic E-state index is 12.0. The van der Waals surface area contributed by atoms with Crippen LogP contribution < -0.4 is 5.73 Å². The predicted octanol–water partition coefficient (Wildman–Crippen LogP) is 3.22. The number of carbonyl (C=O) groups excluding carboxylic acids is 1. The summed E-state index contributed by atoms with van der Waals surface area (Å²) in [5.41, 5.74) is 7.78. The van der Waals surface area contributed by atoms with Gasteiger partial charge in [-0.15, -0.1) is 11.3 Å². The van der Waals surface area contributed by atoms with Gasteiger partial charge in [-0.05, 0) is 41.1 Å². The monoisotopic (exact) mass is 310 g/mol. The molecule has 0 bridgehead atoms. The lowest BCUT2D eigenvalue weighted by Gasteiger charge is -2.02. The summed E-state index contributed by atoms with van der Waals surface area (Å²) in [7, 11) is 0. The lowest BCUT2D eigenvalue weighted by molar-refractivity contribution is 0.0992. The van der Waals surface area contributed by atoms with Crippen LogP contribution in [0, 0.1) is 6.92 Å². The number of halogens is 1. The zero-order chi connectivity index (χ0) is 12.4.